The highest BCUT2D eigenvalue weighted by atomic mass is 79.9. The predicted molar refractivity (Wildman–Crippen MR) is 90.5 cm³/mol. The molecule has 0 spiro atoms. The molecule has 0 aromatic heterocycles. The molecule has 3 atom stereocenters. The standard InChI is InChI=1S/C18H23BrN2O/c19-15-6-3-5-12-8-9-21(11-14(12)15)18(22)17-10-13-4-1-2-7-16(13)20-17/h3,5-6,13,16-17,20H,1-2,4,7-11H2. The lowest BCUT2D eigenvalue weighted by atomic mass is 9.85. The van der Waals surface area contributed by atoms with E-state index in [0.717, 1.165) is 36.3 Å². The van der Waals surface area contributed by atoms with E-state index in [9.17, 15) is 4.79 Å². The molecule has 1 saturated heterocycles. The fourth-order valence-corrected chi connectivity index (χ4v) is 4.99. The average molecular weight is 363 g/mol. The summed E-state index contributed by atoms with van der Waals surface area (Å²) in [5, 5.41) is 3.63. The molecule has 4 rings (SSSR count). The van der Waals surface area contributed by atoms with Crippen molar-refractivity contribution in [1.29, 1.82) is 0 Å². The number of nitrogens with one attached hydrogen (secondary N) is 1. The van der Waals surface area contributed by atoms with E-state index < -0.39 is 0 Å². The van der Waals surface area contributed by atoms with Crippen LogP contribution in [0, 0.1) is 5.92 Å². The number of nitrogens with zero attached hydrogens (tertiary/aromatic N) is 1. The zero-order valence-corrected chi connectivity index (χ0v) is 14.4. The lowest BCUT2D eigenvalue weighted by Crippen LogP contribution is -2.47. The highest BCUT2D eigenvalue weighted by Crippen LogP contribution is 2.34. The van der Waals surface area contributed by atoms with E-state index in [4.69, 9.17) is 0 Å². The van der Waals surface area contributed by atoms with Crippen molar-refractivity contribution in [2.45, 2.75) is 57.2 Å². The maximum atomic E-state index is 12.9. The van der Waals surface area contributed by atoms with Gasteiger partial charge in [0.25, 0.3) is 0 Å². The monoisotopic (exact) mass is 362 g/mol. The van der Waals surface area contributed by atoms with E-state index in [1.807, 2.05) is 0 Å². The van der Waals surface area contributed by atoms with Gasteiger partial charge in [-0.3, -0.25) is 4.79 Å². The lowest BCUT2D eigenvalue weighted by molar-refractivity contribution is -0.134. The molecule has 1 aromatic rings. The SMILES string of the molecule is O=C(C1CC2CCCCC2N1)N1CCc2cccc(Br)c2C1. The smallest absolute Gasteiger partial charge is 0.240 e. The van der Waals surface area contributed by atoms with Crippen molar-refractivity contribution in [2.24, 2.45) is 5.92 Å². The Balaban J connectivity index is 1.47. The summed E-state index contributed by atoms with van der Waals surface area (Å²) in [5.41, 5.74) is 2.67. The molecular weight excluding hydrogens is 340 g/mol. The van der Waals surface area contributed by atoms with Crippen LogP contribution >= 0.6 is 15.9 Å². The Morgan fingerprint density at radius 3 is 3.00 bits per heavy atom. The van der Waals surface area contributed by atoms with E-state index in [1.54, 1.807) is 0 Å². The van der Waals surface area contributed by atoms with Gasteiger partial charge in [-0.15, -0.1) is 0 Å². The number of fused-ring (bicyclic) bond motifs is 2. The zero-order valence-electron chi connectivity index (χ0n) is 12.9. The summed E-state index contributed by atoms with van der Waals surface area (Å²) >= 11 is 3.64. The maximum absolute atomic E-state index is 12.9. The Hall–Kier alpha value is -0.870. The molecule has 118 valence electrons. The van der Waals surface area contributed by atoms with Gasteiger partial charge < -0.3 is 10.2 Å². The Kier molecular flexibility index (Phi) is 3.99. The lowest BCUT2D eigenvalue weighted by Gasteiger charge is -2.31. The molecule has 0 bridgehead atoms. The summed E-state index contributed by atoms with van der Waals surface area (Å²) in [7, 11) is 0. The van der Waals surface area contributed by atoms with Crippen molar-refractivity contribution in [1.82, 2.24) is 10.2 Å². The van der Waals surface area contributed by atoms with Gasteiger partial charge in [0.1, 0.15) is 0 Å². The number of halogens is 1. The molecule has 2 heterocycles. The van der Waals surface area contributed by atoms with Crippen LogP contribution in [0.25, 0.3) is 0 Å². The molecule has 1 saturated carbocycles. The van der Waals surface area contributed by atoms with E-state index >= 15 is 0 Å². The number of carbonyl (C=O) groups excluding carboxylic acids is 1. The van der Waals surface area contributed by atoms with Gasteiger partial charge in [-0.1, -0.05) is 40.9 Å². The van der Waals surface area contributed by atoms with E-state index in [-0.39, 0.29) is 6.04 Å². The minimum absolute atomic E-state index is 0.0529. The van der Waals surface area contributed by atoms with Gasteiger partial charge >= 0.3 is 0 Å². The summed E-state index contributed by atoms with van der Waals surface area (Å²) in [6, 6.07) is 6.99. The van der Waals surface area contributed by atoms with Gasteiger partial charge in [-0.2, -0.15) is 0 Å². The number of amides is 1. The van der Waals surface area contributed by atoms with Crippen molar-refractivity contribution in [3.63, 3.8) is 0 Å². The molecule has 3 aliphatic rings. The summed E-state index contributed by atoms with van der Waals surface area (Å²) in [6.45, 7) is 1.61. The number of hydrogen-bond acceptors (Lipinski definition) is 2. The first-order valence-electron chi connectivity index (χ1n) is 8.53. The average Bonchev–Trinajstić information content (AvgIpc) is 2.98. The van der Waals surface area contributed by atoms with Crippen LogP contribution in [-0.2, 0) is 17.8 Å². The largest absolute Gasteiger partial charge is 0.337 e. The maximum Gasteiger partial charge on any atom is 0.240 e. The summed E-state index contributed by atoms with van der Waals surface area (Å²) in [5.74, 6) is 1.04. The summed E-state index contributed by atoms with van der Waals surface area (Å²) in [6.07, 6.45) is 7.23. The van der Waals surface area contributed by atoms with Crippen molar-refractivity contribution < 1.29 is 4.79 Å². The molecule has 22 heavy (non-hydrogen) atoms. The van der Waals surface area contributed by atoms with Crippen LogP contribution in [-0.4, -0.2) is 29.4 Å². The third kappa shape index (κ3) is 2.61. The van der Waals surface area contributed by atoms with Crippen molar-refractivity contribution in [3.05, 3.63) is 33.8 Å². The first-order valence-corrected chi connectivity index (χ1v) is 9.33. The first kappa shape index (κ1) is 14.7. The van der Waals surface area contributed by atoms with Gasteiger partial charge in [0.2, 0.25) is 5.91 Å². The number of rotatable bonds is 1. The molecule has 2 fully saturated rings. The van der Waals surface area contributed by atoms with Crippen LogP contribution in [0.2, 0.25) is 0 Å². The Labute approximate surface area is 140 Å². The number of benzene rings is 1. The molecular formula is C18H23BrN2O. The molecule has 4 heteroatoms. The van der Waals surface area contributed by atoms with E-state index in [0.29, 0.717) is 11.9 Å². The highest BCUT2D eigenvalue weighted by molar-refractivity contribution is 9.10. The highest BCUT2D eigenvalue weighted by Gasteiger charge is 2.40. The Bertz CT molecular complexity index is 574. The van der Waals surface area contributed by atoms with Crippen LogP contribution in [0.15, 0.2) is 22.7 Å². The second-order valence-corrected chi connectivity index (χ2v) is 7.85. The number of carbonyl (C=O) groups is 1. The third-order valence-electron chi connectivity index (χ3n) is 5.69. The summed E-state index contributed by atoms with van der Waals surface area (Å²) < 4.78 is 1.13. The second kappa shape index (κ2) is 5.97. The van der Waals surface area contributed by atoms with Gasteiger partial charge in [0.05, 0.1) is 6.04 Å². The first-order chi connectivity index (χ1) is 10.7. The van der Waals surface area contributed by atoms with Crippen LogP contribution in [0.3, 0.4) is 0 Å². The Morgan fingerprint density at radius 1 is 1.27 bits per heavy atom. The molecule has 1 amide bonds. The molecule has 3 nitrogen and oxygen atoms in total. The van der Waals surface area contributed by atoms with Gasteiger partial charge in [0.15, 0.2) is 0 Å². The number of hydrogen-bond donors (Lipinski definition) is 1. The van der Waals surface area contributed by atoms with Crippen LogP contribution < -0.4 is 5.32 Å². The zero-order chi connectivity index (χ0) is 15.1. The van der Waals surface area contributed by atoms with E-state index in [2.05, 4.69) is 44.3 Å². The van der Waals surface area contributed by atoms with Crippen molar-refractivity contribution in [2.75, 3.05) is 6.54 Å². The Morgan fingerprint density at radius 2 is 2.14 bits per heavy atom. The predicted octanol–water partition coefficient (Wildman–Crippen LogP) is 3.25. The summed E-state index contributed by atoms with van der Waals surface area (Å²) in [4.78, 5) is 15.0. The van der Waals surface area contributed by atoms with Crippen molar-refractivity contribution >= 4 is 21.8 Å². The van der Waals surface area contributed by atoms with Gasteiger partial charge in [0, 0.05) is 23.6 Å². The minimum Gasteiger partial charge on any atom is -0.337 e. The fraction of sp³-hybridized carbons (Fsp3) is 0.611. The quantitative estimate of drug-likeness (QED) is 0.831. The van der Waals surface area contributed by atoms with Gasteiger partial charge in [-0.05, 0) is 48.8 Å². The van der Waals surface area contributed by atoms with Crippen molar-refractivity contribution in [3.8, 4) is 0 Å². The van der Waals surface area contributed by atoms with Crippen LogP contribution in [0.1, 0.15) is 43.2 Å². The molecule has 3 unspecified atom stereocenters. The topological polar surface area (TPSA) is 32.3 Å². The molecule has 0 radical (unpaired) electrons. The molecule has 1 aromatic carbocycles. The second-order valence-electron chi connectivity index (χ2n) is 6.99. The van der Waals surface area contributed by atoms with Gasteiger partial charge in [-0.25, -0.2) is 0 Å². The molecule has 1 aliphatic carbocycles. The molecule has 1 N–H and O–H groups in total. The minimum atomic E-state index is 0.0529. The molecule has 2 aliphatic heterocycles. The van der Waals surface area contributed by atoms with E-state index in [1.165, 1.54) is 36.8 Å². The fourth-order valence-electron chi connectivity index (χ4n) is 4.46. The van der Waals surface area contributed by atoms with Crippen LogP contribution in [0.5, 0.6) is 0 Å². The van der Waals surface area contributed by atoms with Crippen LogP contribution in [0.4, 0.5) is 0 Å². The third-order valence-corrected chi connectivity index (χ3v) is 6.43. The normalized spacial score (nSPS) is 30.8.